The minimum absolute atomic E-state index is 0.00284. The zero-order chi connectivity index (χ0) is 18.7. The van der Waals surface area contributed by atoms with Gasteiger partial charge in [0.1, 0.15) is 11.7 Å². The Labute approximate surface area is 147 Å². The first-order valence-electron chi connectivity index (χ1n) is 8.40. The first-order chi connectivity index (χ1) is 11.8. The molecule has 1 atom stereocenters. The van der Waals surface area contributed by atoms with Crippen LogP contribution < -0.4 is 0 Å². The summed E-state index contributed by atoms with van der Waals surface area (Å²) in [6, 6.07) is 0.699. The minimum Gasteiger partial charge on any atom is -0.477 e. The van der Waals surface area contributed by atoms with Crippen LogP contribution in [0.25, 0.3) is 0 Å². The van der Waals surface area contributed by atoms with Gasteiger partial charge in [0.05, 0.1) is 5.69 Å². The monoisotopic (exact) mass is 347 g/mol. The molecule has 0 aliphatic heterocycles. The maximum absolute atomic E-state index is 12.9. The number of hydrogen-bond acceptors (Lipinski definition) is 4. The minimum atomic E-state index is -1.10. The van der Waals surface area contributed by atoms with Gasteiger partial charge in [-0.25, -0.2) is 9.48 Å². The molecule has 0 fully saturated rings. The largest absolute Gasteiger partial charge is 0.477 e. The second kappa shape index (κ2) is 7.50. The quantitative estimate of drug-likeness (QED) is 0.827. The van der Waals surface area contributed by atoms with Crippen LogP contribution in [0.5, 0.6) is 0 Å². The van der Waals surface area contributed by atoms with Crippen molar-refractivity contribution < 1.29 is 14.7 Å². The van der Waals surface area contributed by atoms with Crippen LogP contribution in [0.4, 0.5) is 0 Å². The van der Waals surface area contributed by atoms with Crippen molar-refractivity contribution in [1.82, 2.24) is 24.5 Å². The molecule has 0 aliphatic carbocycles. The molecule has 0 saturated carbocycles. The lowest BCUT2D eigenvalue weighted by Gasteiger charge is -2.25. The van der Waals surface area contributed by atoms with Crippen molar-refractivity contribution in [2.75, 3.05) is 6.54 Å². The number of aromatic nitrogens is 4. The molecule has 0 saturated heterocycles. The van der Waals surface area contributed by atoms with Crippen molar-refractivity contribution in [2.24, 2.45) is 0 Å². The molecule has 0 spiro atoms. The molecular formula is C17H25N5O3. The summed E-state index contributed by atoms with van der Waals surface area (Å²) in [7, 11) is 0. The Hall–Kier alpha value is -2.64. The van der Waals surface area contributed by atoms with Gasteiger partial charge in [0.2, 0.25) is 5.91 Å². The Morgan fingerprint density at radius 1 is 1.32 bits per heavy atom. The number of aromatic carboxylic acids is 1. The van der Waals surface area contributed by atoms with Crippen molar-refractivity contribution in [3.05, 3.63) is 34.9 Å². The lowest BCUT2D eigenvalue weighted by atomic mass is 10.1. The van der Waals surface area contributed by atoms with Crippen LogP contribution in [-0.4, -0.2) is 48.0 Å². The standard InChI is InChI=1S/C17H25N5O3/c1-6-20(10-14-11(3)19-21(7-2)12(14)4)16(23)13(5)22-15(17(24)25)8-9-18-22/h8-9,13H,6-7,10H2,1-5H3,(H,24,25). The van der Waals surface area contributed by atoms with E-state index in [9.17, 15) is 14.7 Å². The SMILES string of the molecule is CCN(Cc1c(C)nn(CC)c1C)C(=O)C(C)n1nccc1C(=O)O. The molecule has 136 valence electrons. The summed E-state index contributed by atoms with van der Waals surface area (Å²) >= 11 is 0. The molecule has 2 aromatic heterocycles. The predicted molar refractivity (Wildman–Crippen MR) is 92.4 cm³/mol. The summed E-state index contributed by atoms with van der Waals surface area (Å²) in [5.41, 5.74) is 2.99. The van der Waals surface area contributed by atoms with Crippen LogP contribution in [0, 0.1) is 13.8 Å². The topological polar surface area (TPSA) is 93.3 Å². The summed E-state index contributed by atoms with van der Waals surface area (Å²) in [6.07, 6.45) is 1.39. The van der Waals surface area contributed by atoms with E-state index in [0.717, 1.165) is 23.5 Å². The van der Waals surface area contributed by atoms with E-state index in [-0.39, 0.29) is 11.6 Å². The number of carboxylic acid groups (broad SMARTS) is 1. The van der Waals surface area contributed by atoms with Crippen molar-refractivity contribution >= 4 is 11.9 Å². The van der Waals surface area contributed by atoms with Gasteiger partial charge in [0.25, 0.3) is 0 Å². The third kappa shape index (κ3) is 3.57. The molecule has 0 bridgehead atoms. The molecule has 25 heavy (non-hydrogen) atoms. The van der Waals surface area contributed by atoms with Crippen molar-refractivity contribution in [2.45, 2.75) is 53.8 Å². The molecule has 2 heterocycles. The van der Waals surface area contributed by atoms with E-state index in [4.69, 9.17) is 0 Å². The first-order valence-corrected chi connectivity index (χ1v) is 8.40. The fraction of sp³-hybridized carbons (Fsp3) is 0.529. The fourth-order valence-corrected chi connectivity index (χ4v) is 2.97. The van der Waals surface area contributed by atoms with Gasteiger partial charge in [-0.3, -0.25) is 9.48 Å². The van der Waals surface area contributed by atoms with Gasteiger partial charge in [-0.05, 0) is 40.7 Å². The predicted octanol–water partition coefficient (Wildman–Crippen LogP) is 2.02. The smallest absolute Gasteiger partial charge is 0.354 e. The highest BCUT2D eigenvalue weighted by Gasteiger charge is 2.26. The van der Waals surface area contributed by atoms with Crippen LogP contribution in [0.2, 0.25) is 0 Å². The Bertz CT molecular complexity index is 777. The number of carboxylic acids is 1. The number of rotatable bonds is 7. The third-order valence-electron chi connectivity index (χ3n) is 4.49. The van der Waals surface area contributed by atoms with Crippen LogP contribution in [-0.2, 0) is 17.9 Å². The molecule has 1 unspecified atom stereocenters. The van der Waals surface area contributed by atoms with E-state index < -0.39 is 12.0 Å². The number of likely N-dealkylation sites (N-methyl/N-ethyl adjacent to an activating group) is 1. The summed E-state index contributed by atoms with van der Waals surface area (Å²) in [4.78, 5) is 25.9. The molecule has 1 N–H and O–H groups in total. The van der Waals surface area contributed by atoms with Crippen LogP contribution >= 0.6 is 0 Å². The van der Waals surface area contributed by atoms with Gasteiger partial charge >= 0.3 is 5.97 Å². The molecule has 2 aromatic rings. The second-order valence-corrected chi connectivity index (χ2v) is 5.96. The number of aryl methyl sites for hydroxylation is 2. The van der Waals surface area contributed by atoms with E-state index >= 15 is 0 Å². The van der Waals surface area contributed by atoms with Gasteiger partial charge in [-0.2, -0.15) is 10.2 Å². The first kappa shape index (κ1) is 18.7. The Kier molecular flexibility index (Phi) is 5.61. The van der Waals surface area contributed by atoms with Gasteiger partial charge in [-0.15, -0.1) is 0 Å². The lowest BCUT2D eigenvalue weighted by molar-refractivity contribution is -0.135. The highest BCUT2D eigenvalue weighted by molar-refractivity contribution is 5.87. The van der Waals surface area contributed by atoms with Crippen molar-refractivity contribution in [3.8, 4) is 0 Å². The molecule has 0 aliphatic rings. The van der Waals surface area contributed by atoms with Gasteiger partial charge in [0.15, 0.2) is 0 Å². The third-order valence-corrected chi connectivity index (χ3v) is 4.49. The number of carbonyl (C=O) groups excluding carboxylic acids is 1. The Balaban J connectivity index is 2.25. The van der Waals surface area contributed by atoms with Gasteiger partial charge in [-0.1, -0.05) is 0 Å². The van der Waals surface area contributed by atoms with Crippen LogP contribution in [0.15, 0.2) is 12.3 Å². The van der Waals surface area contributed by atoms with E-state index in [0.29, 0.717) is 13.1 Å². The van der Waals surface area contributed by atoms with E-state index in [1.807, 2.05) is 32.4 Å². The molecule has 0 aromatic carbocycles. The van der Waals surface area contributed by atoms with E-state index in [1.165, 1.54) is 16.9 Å². The zero-order valence-corrected chi connectivity index (χ0v) is 15.4. The summed E-state index contributed by atoms with van der Waals surface area (Å²) in [5.74, 6) is -1.27. The fourth-order valence-electron chi connectivity index (χ4n) is 2.97. The van der Waals surface area contributed by atoms with Crippen LogP contribution in [0.3, 0.4) is 0 Å². The lowest BCUT2D eigenvalue weighted by Crippen LogP contribution is -2.37. The maximum Gasteiger partial charge on any atom is 0.354 e. The zero-order valence-electron chi connectivity index (χ0n) is 15.4. The molecular weight excluding hydrogens is 322 g/mol. The number of hydrogen-bond donors (Lipinski definition) is 1. The van der Waals surface area contributed by atoms with Gasteiger partial charge in [0, 0.05) is 37.1 Å². The van der Waals surface area contributed by atoms with Gasteiger partial charge < -0.3 is 10.0 Å². The summed E-state index contributed by atoms with van der Waals surface area (Å²) in [5, 5.41) is 17.7. The van der Waals surface area contributed by atoms with Crippen molar-refractivity contribution in [3.63, 3.8) is 0 Å². The maximum atomic E-state index is 12.9. The average Bonchev–Trinajstić information content (AvgIpc) is 3.17. The number of nitrogens with zero attached hydrogens (tertiary/aromatic N) is 5. The summed E-state index contributed by atoms with van der Waals surface area (Å²) in [6.45, 7) is 11.3. The van der Waals surface area contributed by atoms with Crippen LogP contribution in [0.1, 0.15) is 54.3 Å². The highest BCUT2D eigenvalue weighted by Crippen LogP contribution is 2.19. The van der Waals surface area contributed by atoms with E-state index in [2.05, 4.69) is 10.2 Å². The van der Waals surface area contributed by atoms with E-state index in [1.54, 1.807) is 11.8 Å². The summed E-state index contributed by atoms with van der Waals surface area (Å²) < 4.78 is 3.17. The second-order valence-electron chi connectivity index (χ2n) is 5.96. The molecule has 2 rings (SSSR count). The number of amides is 1. The molecule has 1 amide bonds. The van der Waals surface area contributed by atoms with Crippen molar-refractivity contribution in [1.29, 1.82) is 0 Å². The number of carbonyl (C=O) groups is 2. The Morgan fingerprint density at radius 3 is 2.52 bits per heavy atom. The Morgan fingerprint density at radius 2 is 2.00 bits per heavy atom. The highest BCUT2D eigenvalue weighted by atomic mass is 16.4. The molecule has 0 radical (unpaired) electrons. The normalized spacial score (nSPS) is 12.2. The molecule has 8 heteroatoms. The average molecular weight is 347 g/mol. The molecule has 8 nitrogen and oxygen atoms in total.